The van der Waals surface area contributed by atoms with Crippen molar-refractivity contribution in [3.8, 4) is 0 Å². The first-order valence-electron chi connectivity index (χ1n) is 9.43. The number of thioether (sulfide) groups is 1. The van der Waals surface area contributed by atoms with Crippen LogP contribution in [0, 0.1) is 5.92 Å². The van der Waals surface area contributed by atoms with Gasteiger partial charge in [0, 0.05) is 16.4 Å². The van der Waals surface area contributed by atoms with Crippen LogP contribution >= 0.6 is 11.8 Å². The monoisotopic (exact) mass is 394 g/mol. The Bertz CT molecular complexity index is 893. The largest absolute Gasteiger partial charge is 0.362 e. The van der Waals surface area contributed by atoms with Crippen molar-refractivity contribution in [3.05, 3.63) is 82.8 Å². The van der Waals surface area contributed by atoms with Crippen molar-refractivity contribution in [2.45, 2.75) is 38.3 Å². The van der Waals surface area contributed by atoms with E-state index in [1.54, 1.807) is 12.1 Å². The standard InChI is InChI=1S/C23H22O4S/c1-14-20(24)22(26-15(2)16-9-5-3-6-10-16)18-13-19(21(14)27-18)28-23(25)17-11-7-4-8-12-17/h3-15,18,21-22H,1-2H3/t14-,15-,18+,21+,22-/m1/s1. The van der Waals surface area contributed by atoms with Crippen LogP contribution in [-0.4, -0.2) is 29.2 Å². The van der Waals surface area contributed by atoms with Gasteiger partial charge in [0.15, 0.2) is 5.78 Å². The maximum Gasteiger partial charge on any atom is 0.223 e. The fourth-order valence-electron chi connectivity index (χ4n) is 3.62. The SMILES string of the molecule is C[C@@H]1C(=O)[C@H](O[C@H](C)c2ccccc2)[C@@H]2C=C(SC(=O)c3ccccc3)[C@H]1O2. The highest BCUT2D eigenvalue weighted by Crippen LogP contribution is 2.42. The van der Waals surface area contributed by atoms with E-state index in [4.69, 9.17) is 9.47 Å². The summed E-state index contributed by atoms with van der Waals surface area (Å²) in [6.45, 7) is 3.78. The lowest BCUT2D eigenvalue weighted by molar-refractivity contribution is -0.167. The van der Waals surface area contributed by atoms with Crippen molar-refractivity contribution in [2.75, 3.05) is 0 Å². The van der Waals surface area contributed by atoms with Crippen LogP contribution in [0.15, 0.2) is 71.6 Å². The third-order valence-electron chi connectivity index (χ3n) is 5.23. The number of benzene rings is 2. The molecule has 0 radical (unpaired) electrons. The Morgan fingerprint density at radius 1 is 1.07 bits per heavy atom. The van der Waals surface area contributed by atoms with Gasteiger partial charge >= 0.3 is 0 Å². The molecule has 2 bridgehead atoms. The molecule has 2 aliphatic rings. The summed E-state index contributed by atoms with van der Waals surface area (Å²) in [6, 6.07) is 19.0. The molecule has 144 valence electrons. The molecule has 0 aromatic heterocycles. The molecular formula is C23H22O4S. The van der Waals surface area contributed by atoms with E-state index in [1.807, 2.05) is 68.5 Å². The topological polar surface area (TPSA) is 52.6 Å². The third-order valence-corrected chi connectivity index (χ3v) is 6.26. The van der Waals surface area contributed by atoms with Gasteiger partial charge in [-0.2, -0.15) is 0 Å². The number of carbonyl (C=O) groups is 2. The molecule has 1 saturated heterocycles. The van der Waals surface area contributed by atoms with Gasteiger partial charge in [-0.25, -0.2) is 0 Å². The molecule has 0 N–H and O–H groups in total. The molecule has 4 rings (SSSR count). The minimum atomic E-state index is -0.661. The molecule has 28 heavy (non-hydrogen) atoms. The maximum atomic E-state index is 12.9. The smallest absolute Gasteiger partial charge is 0.223 e. The summed E-state index contributed by atoms with van der Waals surface area (Å²) in [4.78, 5) is 26.3. The van der Waals surface area contributed by atoms with E-state index < -0.39 is 12.2 Å². The molecule has 2 aliphatic heterocycles. The highest BCUT2D eigenvalue weighted by atomic mass is 32.2. The molecule has 5 heteroatoms. The second kappa shape index (κ2) is 8.03. The fraction of sp³-hybridized carbons (Fsp3) is 0.304. The molecule has 0 spiro atoms. The zero-order valence-electron chi connectivity index (χ0n) is 15.8. The van der Waals surface area contributed by atoms with E-state index in [-0.39, 0.29) is 29.0 Å². The van der Waals surface area contributed by atoms with Gasteiger partial charge in [-0.15, -0.1) is 0 Å². The lowest BCUT2D eigenvalue weighted by Gasteiger charge is -2.34. The van der Waals surface area contributed by atoms with Crippen LogP contribution < -0.4 is 0 Å². The Hall–Kier alpha value is -2.21. The first-order chi connectivity index (χ1) is 13.5. The van der Waals surface area contributed by atoms with Gasteiger partial charge in [-0.1, -0.05) is 67.6 Å². The predicted molar refractivity (Wildman–Crippen MR) is 109 cm³/mol. The van der Waals surface area contributed by atoms with Gasteiger partial charge in [-0.05, 0) is 30.3 Å². The van der Waals surface area contributed by atoms with Crippen LogP contribution in [0.2, 0.25) is 0 Å². The lowest BCUT2D eigenvalue weighted by Crippen LogP contribution is -2.48. The summed E-state index contributed by atoms with van der Waals surface area (Å²) in [7, 11) is 0. The summed E-state index contributed by atoms with van der Waals surface area (Å²) in [5.74, 6) is -0.322. The Kier molecular flexibility index (Phi) is 5.49. The lowest BCUT2D eigenvalue weighted by atomic mass is 9.93. The van der Waals surface area contributed by atoms with Crippen LogP contribution in [0.1, 0.15) is 35.9 Å². The summed E-state index contributed by atoms with van der Waals surface area (Å²) >= 11 is 1.15. The van der Waals surface area contributed by atoms with Gasteiger partial charge in [-0.3, -0.25) is 9.59 Å². The summed E-state index contributed by atoms with van der Waals surface area (Å²) in [6.07, 6.45) is 0.179. The van der Waals surface area contributed by atoms with E-state index in [2.05, 4.69) is 0 Å². The van der Waals surface area contributed by atoms with E-state index in [1.165, 1.54) is 0 Å². The highest BCUT2D eigenvalue weighted by molar-refractivity contribution is 8.17. The summed E-state index contributed by atoms with van der Waals surface area (Å²) in [5.41, 5.74) is 1.65. The Labute approximate surface area is 168 Å². The number of ketones is 1. The average Bonchev–Trinajstić information content (AvgIpc) is 3.11. The first-order valence-corrected chi connectivity index (χ1v) is 10.2. The van der Waals surface area contributed by atoms with Crippen molar-refractivity contribution < 1.29 is 19.1 Å². The number of ether oxygens (including phenoxy) is 2. The van der Waals surface area contributed by atoms with E-state index in [0.717, 1.165) is 22.2 Å². The minimum absolute atomic E-state index is 0.0306. The van der Waals surface area contributed by atoms with Gasteiger partial charge in [0.2, 0.25) is 5.12 Å². The number of hydrogen-bond donors (Lipinski definition) is 0. The van der Waals surface area contributed by atoms with Gasteiger partial charge < -0.3 is 9.47 Å². The number of Topliss-reactive ketones (excluding diaryl/α,β-unsaturated/α-hetero) is 1. The maximum absolute atomic E-state index is 12.9. The molecule has 0 amide bonds. The van der Waals surface area contributed by atoms with Crippen molar-refractivity contribution >= 4 is 22.7 Å². The first kappa shape index (κ1) is 19.1. The predicted octanol–water partition coefficient (Wildman–Crippen LogP) is 4.58. The van der Waals surface area contributed by atoms with Gasteiger partial charge in [0.25, 0.3) is 0 Å². The second-order valence-corrected chi connectivity index (χ2v) is 8.19. The minimum Gasteiger partial charge on any atom is -0.362 e. The third kappa shape index (κ3) is 3.70. The van der Waals surface area contributed by atoms with Gasteiger partial charge in [0.05, 0.1) is 12.2 Å². The zero-order chi connectivity index (χ0) is 19.7. The molecule has 4 nitrogen and oxygen atoms in total. The van der Waals surface area contributed by atoms with Crippen molar-refractivity contribution in [1.82, 2.24) is 0 Å². The van der Waals surface area contributed by atoms with Crippen molar-refractivity contribution in [1.29, 1.82) is 0 Å². The van der Waals surface area contributed by atoms with Crippen molar-refractivity contribution in [3.63, 3.8) is 0 Å². The number of hydrogen-bond acceptors (Lipinski definition) is 5. The molecule has 2 aromatic carbocycles. The van der Waals surface area contributed by atoms with Crippen LogP contribution in [-0.2, 0) is 14.3 Å². The molecule has 1 fully saturated rings. The normalized spacial score (nSPS) is 27.4. The zero-order valence-corrected chi connectivity index (χ0v) is 16.6. The van der Waals surface area contributed by atoms with Crippen LogP contribution in [0.5, 0.6) is 0 Å². The van der Waals surface area contributed by atoms with E-state index in [9.17, 15) is 9.59 Å². The fourth-order valence-corrected chi connectivity index (χ4v) is 4.67. The molecule has 0 saturated carbocycles. The van der Waals surface area contributed by atoms with E-state index in [0.29, 0.717) is 5.56 Å². The highest BCUT2D eigenvalue weighted by Gasteiger charge is 2.49. The van der Waals surface area contributed by atoms with Crippen molar-refractivity contribution in [2.24, 2.45) is 5.92 Å². The molecule has 2 heterocycles. The van der Waals surface area contributed by atoms with Crippen LogP contribution in [0.4, 0.5) is 0 Å². The summed E-state index contributed by atoms with van der Waals surface area (Å²) in [5, 5.41) is -0.0437. The summed E-state index contributed by atoms with van der Waals surface area (Å²) < 4.78 is 12.2. The van der Waals surface area contributed by atoms with Gasteiger partial charge in [0.1, 0.15) is 12.2 Å². The Morgan fingerprint density at radius 3 is 2.39 bits per heavy atom. The molecule has 0 aliphatic carbocycles. The number of fused-ring (bicyclic) bond motifs is 2. The quantitative estimate of drug-likeness (QED) is 0.743. The second-order valence-electron chi connectivity index (χ2n) is 7.15. The molecular weight excluding hydrogens is 372 g/mol. The number of rotatable bonds is 5. The molecule has 0 unspecified atom stereocenters. The Balaban J connectivity index is 1.51. The molecule has 2 aromatic rings. The van der Waals surface area contributed by atoms with E-state index >= 15 is 0 Å². The Morgan fingerprint density at radius 2 is 1.71 bits per heavy atom. The van der Waals surface area contributed by atoms with Crippen LogP contribution in [0.3, 0.4) is 0 Å². The van der Waals surface area contributed by atoms with Crippen LogP contribution in [0.25, 0.3) is 0 Å². The number of carbonyl (C=O) groups excluding carboxylic acids is 2. The average molecular weight is 394 g/mol. The molecule has 5 atom stereocenters.